The zero-order valence-corrected chi connectivity index (χ0v) is 9.44. The predicted octanol–water partition coefficient (Wildman–Crippen LogP) is 1.84. The van der Waals surface area contributed by atoms with Crippen molar-refractivity contribution in [2.24, 2.45) is 7.05 Å². The van der Waals surface area contributed by atoms with Crippen LogP contribution >= 0.6 is 0 Å². The largest absolute Gasteiger partial charge is 0.416 e. The van der Waals surface area contributed by atoms with E-state index in [9.17, 15) is 13.2 Å². The fourth-order valence-electron chi connectivity index (χ4n) is 1.34. The van der Waals surface area contributed by atoms with Crippen LogP contribution in [0.4, 0.5) is 19.0 Å². The molecule has 0 aliphatic rings. The van der Waals surface area contributed by atoms with Crippen LogP contribution in [0.25, 0.3) is 0 Å². The van der Waals surface area contributed by atoms with Gasteiger partial charge < -0.3 is 9.88 Å². The Morgan fingerprint density at radius 2 is 2.17 bits per heavy atom. The van der Waals surface area contributed by atoms with Gasteiger partial charge in [-0.25, -0.2) is 4.98 Å². The molecule has 0 spiro atoms. The molecule has 0 fully saturated rings. The number of aryl methyl sites for hydroxylation is 1. The first-order chi connectivity index (χ1) is 8.47. The number of pyridine rings is 1. The summed E-state index contributed by atoms with van der Waals surface area (Å²) in [5.41, 5.74) is -0.738. The molecule has 0 saturated carbocycles. The minimum absolute atomic E-state index is 0.146. The van der Waals surface area contributed by atoms with Gasteiger partial charge in [-0.3, -0.25) is 0 Å². The van der Waals surface area contributed by atoms with Crippen molar-refractivity contribution in [3.63, 3.8) is 0 Å². The maximum atomic E-state index is 12.5. The van der Waals surface area contributed by atoms with Crippen molar-refractivity contribution in [1.82, 2.24) is 19.7 Å². The van der Waals surface area contributed by atoms with Gasteiger partial charge in [-0.1, -0.05) is 0 Å². The number of rotatable bonds is 3. The zero-order valence-electron chi connectivity index (χ0n) is 9.44. The van der Waals surface area contributed by atoms with Crippen molar-refractivity contribution in [3.8, 4) is 0 Å². The molecule has 0 aromatic carbocycles. The van der Waals surface area contributed by atoms with E-state index in [-0.39, 0.29) is 12.4 Å². The van der Waals surface area contributed by atoms with Crippen LogP contribution < -0.4 is 5.32 Å². The molecule has 0 aliphatic carbocycles. The van der Waals surface area contributed by atoms with Gasteiger partial charge in [0.2, 0.25) is 0 Å². The molecule has 2 heterocycles. The summed E-state index contributed by atoms with van der Waals surface area (Å²) in [5, 5.41) is 10.2. The van der Waals surface area contributed by atoms with Crippen molar-refractivity contribution in [1.29, 1.82) is 0 Å². The van der Waals surface area contributed by atoms with E-state index in [4.69, 9.17) is 0 Å². The average Bonchev–Trinajstić information content (AvgIpc) is 2.72. The van der Waals surface area contributed by atoms with Gasteiger partial charge in [0, 0.05) is 13.2 Å². The Hall–Kier alpha value is -2.12. The summed E-state index contributed by atoms with van der Waals surface area (Å²) in [7, 11) is 1.75. The highest BCUT2D eigenvalue weighted by molar-refractivity contribution is 5.38. The number of hydrogen-bond donors (Lipinski definition) is 1. The quantitative estimate of drug-likeness (QED) is 0.911. The summed E-state index contributed by atoms with van der Waals surface area (Å²) in [6.45, 7) is 0.255. The van der Waals surface area contributed by atoms with Gasteiger partial charge in [-0.05, 0) is 12.1 Å². The third-order valence-corrected chi connectivity index (χ3v) is 2.32. The number of alkyl halides is 3. The lowest BCUT2D eigenvalue weighted by Gasteiger charge is -2.09. The van der Waals surface area contributed by atoms with Gasteiger partial charge in [0.05, 0.1) is 12.1 Å². The van der Waals surface area contributed by atoms with Crippen LogP contribution in [-0.2, 0) is 19.8 Å². The molecule has 1 N–H and O–H groups in total. The first-order valence-corrected chi connectivity index (χ1v) is 5.07. The maximum absolute atomic E-state index is 12.5. The highest BCUT2D eigenvalue weighted by atomic mass is 19.4. The van der Waals surface area contributed by atoms with E-state index in [0.717, 1.165) is 18.3 Å². The van der Waals surface area contributed by atoms with Gasteiger partial charge in [0.25, 0.3) is 0 Å². The van der Waals surface area contributed by atoms with Crippen LogP contribution in [0.5, 0.6) is 0 Å². The summed E-state index contributed by atoms with van der Waals surface area (Å²) in [6, 6.07) is 1.88. The lowest BCUT2D eigenvalue weighted by Crippen LogP contribution is -2.09. The molecule has 0 amide bonds. The predicted molar refractivity (Wildman–Crippen MR) is 57.6 cm³/mol. The van der Waals surface area contributed by atoms with Gasteiger partial charge >= 0.3 is 6.18 Å². The second kappa shape index (κ2) is 4.63. The van der Waals surface area contributed by atoms with Gasteiger partial charge in [-0.2, -0.15) is 13.2 Å². The Labute approximate surface area is 101 Å². The fourth-order valence-corrected chi connectivity index (χ4v) is 1.34. The molecule has 8 heteroatoms. The number of nitrogens with one attached hydrogen (secondary N) is 1. The first-order valence-electron chi connectivity index (χ1n) is 5.07. The normalized spacial score (nSPS) is 11.6. The van der Waals surface area contributed by atoms with Crippen LogP contribution in [-0.4, -0.2) is 19.7 Å². The lowest BCUT2D eigenvalue weighted by molar-refractivity contribution is -0.137. The van der Waals surface area contributed by atoms with Gasteiger partial charge in [0.15, 0.2) is 5.82 Å². The summed E-state index contributed by atoms with van der Waals surface area (Å²) in [4.78, 5) is 3.81. The number of halogens is 3. The molecular formula is C10H10F3N5. The van der Waals surface area contributed by atoms with E-state index in [1.54, 1.807) is 11.6 Å². The molecule has 0 bridgehead atoms. The zero-order chi connectivity index (χ0) is 13.2. The Morgan fingerprint density at radius 3 is 2.78 bits per heavy atom. The van der Waals surface area contributed by atoms with E-state index in [1.807, 2.05) is 0 Å². The third-order valence-electron chi connectivity index (χ3n) is 2.32. The van der Waals surface area contributed by atoms with Crippen molar-refractivity contribution >= 4 is 5.82 Å². The average molecular weight is 257 g/mol. The third kappa shape index (κ3) is 2.76. The maximum Gasteiger partial charge on any atom is 0.416 e. The molecule has 2 aromatic heterocycles. The summed E-state index contributed by atoms with van der Waals surface area (Å²) in [5.74, 6) is 0.752. The number of nitrogens with zero attached hydrogens (tertiary/aromatic N) is 4. The Morgan fingerprint density at radius 1 is 1.39 bits per heavy atom. The molecule has 18 heavy (non-hydrogen) atoms. The van der Waals surface area contributed by atoms with Crippen LogP contribution in [0.15, 0.2) is 24.7 Å². The van der Waals surface area contributed by atoms with Crippen molar-refractivity contribution in [2.45, 2.75) is 12.7 Å². The minimum Gasteiger partial charge on any atom is -0.363 e. The highest BCUT2D eigenvalue weighted by Crippen LogP contribution is 2.29. The summed E-state index contributed by atoms with van der Waals surface area (Å²) in [6.07, 6.45) is -1.75. The molecule has 0 radical (unpaired) electrons. The Balaban J connectivity index is 2.09. The van der Waals surface area contributed by atoms with E-state index in [0.29, 0.717) is 5.82 Å². The van der Waals surface area contributed by atoms with Gasteiger partial charge in [0.1, 0.15) is 12.1 Å². The van der Waals surface area contributed by atoms with Crippen LogP contribution in [0.1, 0.15) is 11.4 Å². The summed E-state index contributed by atoms with van der Waals surface area (Å²) < 4.78 is 39.1. The second-order valence-corrected chi connectivity index (χ2v) is 3.64. The standard InChI is InChI=1S/C10H10F3N5/c1-18-6-16-17-9(18)5-15-8-4-7(2-3-14-8)10(11,12)13/h2-4,6H,5H2,1H3,(H,14,15). The smallest absolute Gasteiger partial charge is 0.363 e. The number of aromatic nitrogens is 4. The topological polar surface area (TPSA) is 55.6 Å². The molecule has 5 nitrogen and oxygen atoms in total. The van der Waals surface area contributed by atoms with E-state index in [2.05, 4.69) is 20.5 Å². The molecule has 2 aromatic rings. The van der Waals surface area contributed by atoms with E-state index in [1.165, 1.54) is 6.33 Å². The molecule has 0 unspecified atom stereocenters. The molecule has 0 saturated heterocycles. The lowest BCUT2D eigenvalue weighted by atomic mass is 10.2. The van der Waals surface area contributed by atoms with Crippen LogP contribution in [0.3, 0.4) is 0 Å². The fraction of sp³-hybridized carbons (Fsp3) is 0.300. The van der Waals surface area contributed by atoms with E-state index < -0.39 is 11.7 Å². The van der Waals surface area contributed by atoms with Crippen LogP contribution in [0, 0.1) is 0 Å². The van der Waals surface area contributed by atoms with Crippen molar-refractivity contribution < 1.29 is 13.2 Å². The Kier molecular flexibility index (Phi) is 3.17. The molecule has 2 rings (SSSR count). The monoisotopic (exact) mass is 257 g/mol. The van der Waals surface area contributed by atoms with E-state index >= 15 is 0 Å². The molecule has 0 aliphatic heterocycles. The SMILES string of the molecule is Cn1cnnc1CNc1cc(C(F)(F)F)ccn1. The summed E-state index contributed by atoms with van der Waals surface area (Å²) >= 11 is 0. The second-order valence-electron chi connectivity index (χ2n) is 3.64. The highest BCUT2D eigenvalue weighted by Gasteiger charge is 2.30. The number of anilines is 1. The van der Waals surface area contributed by atoms with Crippen molar-refractivity contribution in [2.75, 3.05) is 5.32 Å². The minimum atomic E-state index is -4.37. The number of hydrogen-bond acceptors (Lipinski definition) is 4. The Bertz CT molecular complexity index is 534. The van der Waals surface area contributed by atoms with Crippen LogP contribution in [0.2, 0.25) is 0 Å². The molecule has 0 atom stereocenters. The molecular weight excluding hydrogens is 247 g/mol. The van der Waals surface area contributed by atoms with Gasteiger partial charge in [-0.15, -0.1) is 10.2 Å². The molecule has 96 valence electrons. The van der Waals surface area contributed by atoms with Crippen molar-refractivity contribution in [3.05, 3.63) is 36.0 Å². The first kappa shape index (κ1) is 12.3.